The molecular formula is C24H19NO3. The van der Waals surface area contributed by atoms with Gasteiger partial charge < -0.3 is 14.2 Å². The summed E-state index contributed by atoms with van der Waals surface area (Å²) >= 11 is 0. The molecule has 0 bridgehead atoms. The minimum Gasteiger partial charge on any atom is -0.497 e. The maximum Gasteiger partial charge on any atom is 0.161 e. The Kier molecular flexibility index (Phi) is 6.18. The summed E-state index contributed by atoms with van der Waals surface area (Å²) < 4.78 is 15.8. The number of benzene rings is 2. The van der Waals surface area contributed by atoms with Gasteiger partial charge in [0.05, 0.1) is 21.3 Å². The van der Waals surface area contributed by atoms with Gasteiger partial charge >= 0.3 is 0 Å². The van der Waals surface area contributed by atoms with Crippen LogP contribution < -0.4 is 14.2 Å². The molecule has 0 aliphatic rings. The van der Waals surface area contributed by atoms with Crippen LogP contribution in [0.5, 0.6) is 17.2 Å². The number of aromatic nitrogens is 1. The van der Waals surface area contributed by atoms with Crippen LogP contribution >= 0.6 is 0 Å². The van der Waals surface area contributed by atoms with Gasteiger partial charge in [-0.1, -0.05) is 24.0 Å². The standard InChI is InChI=1S/C24H19NO3/c1-26-22-9-4-6-18(16-22)10-13-20-7-5-8-21(25-20)14-11-19-12-15-23(27-2)24(17-19)28-3/h4-9,12,15-17H,1-3H3. The Labute approximate surface area is 165 Å². The minimum atomic E-state index is 0.639. The van der Waals surface area contributed by atoms with Gasteiger partial charge in [-0.15, -0.1) is 0 Å². The highest BCUT2D eigenvalue weighted by atomic mass is 16.5. The van der Waals surface area contributed by atoms with Gasteiger partial charge in [0.2, 0.25) is 0 Å². The highest BCUT2D eigenvalue weighted by Gasteiger charge is 2.02. The number of rotatable bonds is 3. The SMILES string of the molecule is COc1cccc(C#Cc2cccc(C#Cc3ccc(OC)c(OC)c3)n2)c1. The van der Waals surface area contributed by atoms with Gasteiger partial charge in [0.1, 0.15) is 17.1 Å². The predicted molar refractivity (Wildman–Crippen MR) is 109 cm³/mol. The second-order valence-corrected chi connectivity index (χ2v) is 5.71. The van der Waals surface area contributed by atoms with Crippen LogP contribution in [0.2, 0.25) is 0 Å². The van der Waals surface area contributed by atoms with Crippen LogP contribution in [-0.4, -0.2) is 26.3 Å². The van der Waals surface area contributed by atoms with Gasteiger partial charge in [0, 0.05) is 11.1 Å². The fourth-order valence-corrected chi connectivity index (χ4v) is 2.46. The Morgan fingerprint density at radius 3 is 1.89 bits per heavy atom. The van der Waals surface area contributed by atoms with Gasteiger partial charge in [0.25, 0.3) is 0 Å². The van der Waals surface area contributed by atoms with E-state index in [2.05, 4.69) is 28.7 Å². The molecule has 0 aliphatic heterocycles. The van der Waals surface area contributed by atoms with E-state index >= 15 is 0 Å². The van der Waals surface area contributed by atoms with Crippen LogP contribution in [0.4, 0.5) is 0 Å². The number of nitrogens with zero attached hydrogens (tertiary/aromatic N) is 1. The Balaban J connectivity index is 1.82. The Morgan fingerprint density at radius 1 is 0.607 bits per heavy atom. The van der Waals surface area contributed by atoms with Crippen molar-refractivity contribution in [3.63, 3.8) is 0 Å². The van der Waals surface area contributed by atoms with Crippen LogP contribution in [0, 0.1) is 23.7 Å². The molecule has 138 valence electrons. The normalized spacial score (nSPS) is 9.39. The van der Waals surface area contributed by atoms with E-state index in [4.69, 9.17) is 14.2 Å². The van der Waals surface area contributed by atoms with Crippen molar-refractivity contribution in [3.8, 4) is 40.9 Å². The molecule has 2 aromatic carbocycles. The zero-order chi connectivity index (χ0) is 19.8. The molecule has 0 radical (unpaired) electrons. The van der Waals surface area contributed by atoms with Gasteiger partial charge in [-0.3, -0.25) is 0 Å². The molecule has 0 unspecified atom stereocenters. The third kappa shape index (κ3) is 4.84. The first kappa shape index (κ1) is 18.9. The maximum atomic E-state index is 5.30. The summed E-state index contributed by atoms with van der Waals surface area (Å²) in [6.45, 7) is 0. The first-order chi connectivity index (χ1) is 13.7. The molecule has 0 fully saturated rings. The highest BCUT2D eigenvalue weighted by molar-refractivity contribution is 5.50. The first-order valence-electron chi connectivity index (χ1n) is 8.59. The van der Waals surface area contributed by atoms with E-state index < -0.39 is 0 Å². The summed E-state index contributed by atoms with van der Waals surface area (Å²) in [6, 6.07) is 18.7. The third-order valence-corrected chi connectivity index (χ3v) is 3.87. The van der Waals surface area contributed by atoms with Crippen LogP contribution in [0.15, 0.2) is 60.7 Å². The highest BCUT2D eigenvalue weighted by Crippen LogP contribution is 2.27. The van der Waals surface area contributed by atoms with E-state index in [0.717, 1.165) is 16.9 Å². The van der Waals surface area contributed by atoms with Crippen LogP contribution in [0.25, 0.3) is 0 Å². The van der Waals surface area contributed by atoms with Crippen LogP contribution in [0.3, 0.4) is 0 Å². The molecule has 4 nitrogen and oxygen atoms in total. The number of methoxy groups -OCH3 is 3. The Morgan fingerprint density at radius 2 is 1.25 bits per heavy atom. The summed E-state index contributed by atoms with van der Waals surface area (Å²) in [5, 5.41) is 0. The fraction of sp³-hybridized carbons (Fsp3) is 0.125. The molecule has 0 atom stereocenters. The molecule has 0 N–H and O–H groups in total. The smallest absolute Gasteiger partial charge is 0.161 e. The molecule has 3 rings (SSSR count). The average Bonchev–Trinajstić information content (AvgIpc) is 2.76. The van der Waals surface area contributed by atoms with Crippen LogP contribution in [-0.2, 0) is 0 Å². The molecule has 1 heterocycles. The van der Waals surface area contributed by atoms with Crippen molar-refractivity contribution in [2.75, 3.05) is 21.3 Å². The largest absolute Gasteiger partial charge is 0.497 e. The van der Waals surface area contributed by atoms with Gasteiger partial charge in [-0.05, 0) is 60.4 Å². The second-order valence-electron chi connectivity index (χ2n) is 5.71. The summed E-state index contributed by atoms with van der Waals surface area (Å²) in [5.41, 5.74) is 2.98. The lowest BCUT2D eigenvalue weighted by molar-refractivity contribution is 0.355. The Bertz CT molecular complexity index is 1100. The molecule has 0 aliphatic carbocycles. The number of pyridine rings is 1. The topological polar surface area (TPSA) is 40.6 Å². The number of ether oxygens (including phenoxy) is 3. The molecule has 28 heavy (non-hydrogen) atoms. The van der Waals surface area contributed by atoms with Crippen molar-refractivity contribution < 1.29 is 14.2 Å². The van der Waals surface area contributed by atoms with E-state index in [1.807, 2.05) is 60.7 Å². The van der Waals surface area contributed by atoms with E-state index in [0.29, 0.717) is 22.9 Å². The van der Waals surface area contributed by atoms with E-state index in [-0.39, 0.29) is 0 Å². The van der Waals surface area contributed by atoms with Crippen molar-refractivity contribution in [2.24, 2.45) is 0 Å². The lowest BCUT2D eigenvalue weighted by Crippen LogP contribution is -1.91. The molecule has 1 aromatic heterocycles. The van der Waals surface area contributed by atoms with Crippen LogP contribution in [0.1, 0.15) is 22.5 Å². The molecule has 0 saturated carbocycles. The van der Waals surface area contributed by atoms with E-state index in [1.165, 1.54) is 0 Å². The van der Waals surface area contributed by atoms with E-state index in [9.17, 15) is 0 Å². The van der Waals surface area contributed by atoms with Gasteiger partial charge in [-0.25, -0.2) is 4.98 Å². The van der Waals surface area contributed by atoms with Crippen molar-refractivity contribution in [1.82, 2.24) is 4.98 Å². The lowest BCUT2D eigenvalue weighted by Gasteiger charge is -2.06. The van der Waals surface area contributed by atoms with E-state index in [1.54, 1.807) is 21.3 Å². The Hall–Kier alpha value is -3.89. The summed E-state index contributed by atoms with van der Waals surface area (Å²) in [5.74, 6) is 14.4. The van der Waals surface area contributed by atoms with Crippen molar-refractivity contribution >= 4 is 0 Å². The predicted octanol–water partition coefficient (Wildman–Crippen LogP) is 3.91. The summed E-state index contributed by atoms with van der Waals surface area (Å²) in [7, 11) is 4.83. The molecule has 0 saturated heterocycles. The lowest BCUT2D eigenvalue weighted by atomic mass is 10.2. The number of hydrogen-bond donors (Lipinski definition) is 0. The maximum absolute atomic E-state index is 5.30. The molecule has 0 spiro atoms. The molecular weight excluding hydrogens is 350 g/mol. The monoisotopic (exact) mass is 369 g/mol. The number of hydrogen-bond acceptors (Lipinski definition) is 4. The van der Waals surface area contributed by atoms with Crippen molar-refractivity contribution in [1.29, 1.82) is 0 Å². The molecule has 0 amide bonds. The summed E-state index contributed by atoms with van der Waals surface area (Å²) in [6.07, 6.45) is 0. The average molecular weight is 369 g/mol. The third-order valence-electron chi connectivity index (χ3n) is 3.87. The zero-order valence-corrected chi connectivity index (χ0v) is 15.9. The quantitative estimate of drug-likeness (QED) is 0.657. The van der Waals surface area contributed by atoms with Crippen molar-refractivity contribution in [2.45, 2.75) is 0 Å². The van der Waals surface area contributed by atoms with Crippen molar-refractivity contribution in [3.05, 3.63) is 83.2 Å². The molecule has 4 heteroatoms. The first-order valence-corrected chi connectivity index (χ1v) is 8.59. The summed E-state index contributed by atoms with van der Waals surface area (Å²) in [4.78, 5) is 4.49. The van der Waals surface area contributed by atoms with Gasteiger partial charge in [0.15, 0.2) is 11.5 Å². The second kappa shape index (κ2) is 9.16. The zero-order valence-electron chi connectivity index (χ0n) is 15.9. The van der Waals surface area contributed by atoms with Gasteiger partial charge in [-0.2, -0.15) is 0 Å². The fourth-order valence-electron chi connectivity index (χ4n) is 2.46. The molecule has 3 aromatic rings. The minimum absolute atomic E-state index is 0.639.